The lowest BCUT2D eigenvalue weighted by atomic mass is 9.92. The molecule has 2 heterocycles. The summed E-state index contributed by atoms with van der Waals surface area (Å²) in [6.45, 7) is 7.01. The van der Waals surface area contributed by atoms with Gasteiger partial charge in [-0.3, -0.25) is 9.59 Å². The van der Waals surface area contributed by atoms with E-state index in [1.807, 2.05) is 0 Å². The largest absolute Gasteiger partial charge is 0.481 e. The van der Waals surface area contributed by atoms with Gasteiger partial charge in [-0.25, -0.2) is 12.7 Å². The fourth-order valence-corrected chi connectivity index (χ4v) is 6.32. The molecule has 9 heteroatoms. The number of rotatable bonds is 8. The molecule has 8 nitrogen and oxygen atoms in total. The summed E-state index contributed by atoms with van der Waals surface area (Å²) in [5.74, 6) is -1.01. The fourth-order valence-electron chi connectivity index (χ4n) is 4.16. The number of aliphatic carboxylic acids is 1. The molecule has 2 N–H and O–H groups in total. The van der Waals surface area contributed by atoms with Crippen LogP contribution in [0.4, 0.5) is 0 Å². The number of carbonyl (C=O) groups excluding carboxylic acids is 1. The molecule has 0 radical (unpaired) electrons. The van der Waals surface area contributed by atoms with E-state index in [-0.39, 0.29) is 19.3 Å². The first-order chi connectivity index (χ1) is 13.5. The molecule has 2 aliphatic heterocycles. The minimum atomic E-state index is -3.84. The lowest BCUT2D eigenvalue weighted by Gasteiger charge is -2.41. The number of carboxylic acids is 1. The van der Waals surface area contributed by atoms with Crippen LogP contribution in [0, 0.1) is 5.92 Å². The third kappa shape index (κ3) is 6.15. The number of unbranched alkanes of at least 4 members (excludes halogenated alkanes) is 1. The number of ether oxygens (including phenoxy) is 1. The van der Waals surface area contributed by atoms with E-state index >= 15 is 0 Å². The van der Waals surface area contributed by atoms with Crippen molar-refractivity contribution in [3.63, 3.8) is 0 Å². The number of carboxylic acid groups (broad SMARTS) is 1. The van der Waals surface area contributed by atoms with E-state index in [0.717, 1.165) is 25.7 Å². The lowest BCUT2D eigenvalue weighted by molar-refractivity contribution is -0.159. The third-order valence-electron chi connectivity index (χ3n) is 5.84. The fraction of sp³-hybridized carbons (Fsp3) is 0.900. The van der Waals surface area contributed by atoms with Gasteiger partial charge in [-0.15, -0.1) is 0 Å². The Bertz CT molecular complexity index is 672. The molecular weight excluding hydrogens is 396 g/mol. The minimum absolute atomic E-state index is 0.180. The molecule has 0 saturated carbocycles. The van der Waals surface area contributed by atoms with Gasteiger partial charge >= 0.3 is 11.9 Å². The molecule has 0 aromatic heterocycles. The summed E-state index contributed by atoms with van der Waals surface area (Å²) in [5.41, 5.74) is -0.743. The van der Waals surface area contributed by atoms with Crippen LogP contribution in [0.15, 0.2) is 0 Å². The number of esters is 1. The van der Waals surface area contributed by atoms with Crippen LogP contribution in [-0.4, -0.2) is 66.3 Å². The predicted molar refractivity (Wildman–Crippen MR) is 110 cm³/mol. The van der Waals surface area contributed by atoms with Crippen molar-refractivity contribution in [3.8, 4) is 0 Å². The van der Waals surface area contributed by atoms with Crippen LogP contribution in [0.3, 0.4) is 0 Å². The molecule has 0 unspecified atom stereocenters. The van der Waals surface area contributed by atoms with Gasteiger partial charge in [-0.05, 0) is 71.9 Å². The highest BCUT2D eigenvalue weighted by Gasteiger charge is 2.56. The molecular formula is C20H36N2O6S. The minimum Gasteiger partial charge on any atom is -0.481 e. The molecule has 2 rings (SSSR count). The van der Waals surface area contributed by atoms with Gasteiger partial charge in [0.25, 0.3) is 0 Å². The number of hydrogen-bond donors (Lipinski definition) is 2. The third-order valence-corrected chi connectivity index (χ3v) is 8.45. The zero-order valence-electron chi connectivity index (χ0n) is 17.9. The normalized spacial score (nSPS) is 21.6. The molecule has 0 aromatic rings. The highest BCUT2D eigenvalue weighted by Crippen LogP contribution is 2.36. The van der Waals surface area contributed by atoms with Crippen LogP contribution in [0.25, 0.3) is 0 Å². The molecule has 168 valence electrons. The Labute approximate surface area is 174 Å². The van der Waals surface area contributed by atoms with Gasteiger partial charge in [0.05, 0.1) is 0 Å². The highest BCUT2D eigenvalue weighted by molar-refractivity contribution is 7.91. The average Bonchev–Trinajstić information content (AvgIpc) is 2.64. The van der Waals surface area contributed by atoms with E-state index < -0.39 is 32.3 Å². The van der Waals surface area contributed by atoms with Crippen molar-refractivity contribution in [2.24, 2.45) is 5.92 Å². The lowest BCUT2D eigenvalue weighted by Crippen LogP contribution is -2.60. The molecule has 0 atom stereocenters. The maximum absolute atomic E-state index is 13.6. The summed E-state index contributed by atoms with van der Waals surface area (Å²) < 4.78 is 32.6. The quantitative estimate of drug-likeness (QED) is 0.446. The van der Waals surface area contributed by atoms with Gasteiger partial charge in [0.15, 0.2) is 4.75 Å². The average molecular weight is 433 g/mol. The van der Waals surface area contributed by atoms with Crippen LogP contribution in [-0.2, 0) is 24.3 Å². The number of nitrogens with zero attached hydrogens (tertiary/aromatic N) is 1. The van der Waals surface area contributed by atoms with Crippen molar-refractivity contribution < 1.29 is 27.9 Å². The van der Waals surface area contributed by atoms with Crippen LogP contribution in [0.2, 0.25) is 0 Å². The first kappa shape index (κ1) is 24.1. The van der Waals surface area contributed by atoms with Crippen LogP contribution in [0.1, 0.15) is 72.1 Å². The highest BCUT2D eigenvalue weighted by atomic mass is 32.2. The topological polar surface area (TPSA) is 113 Å². The zero-order chi connectivity index (χ0) is 21.7. The Kier molecular flexibility index (Phi) is 8.09. The van der Waals surface area contributed by atoms with Gasteiger partial charge in [0.1, 0.15) is 5.60 Å². The monoisotopic (exact) mass is 432 g/mol. The molecule has 0 aliphatic carbocycles. The van der Waals surface area contributed by atoms with Gasteiger partial charge in [-0.2, -0.15) is 0 Å². The predicted octanol–water partition coefficient (Wildman–Crippen LogP) is 2.14. The van der Waals surface area contributed by atoms with Gasteiger partial charge in [0.2, 0.25) is 10.0 Å². The Hall–Kier alpha value is -1.19. The van der Waals surface area contributed by atoms with E-state index in [1.165, 1.54) is 4.31 Å². The number of nitrogens with one attached hydrogen (secondary N) is 1. The Morgan fingerprint density at radius 2 is 1.72 bits per heavy atom. The Morgan fingerprint density at radius 3 is 2.24 bits per heavy atom. The van der Waals surface area contributed by atoms with Crippen molar-refractivity contribution in [1.82, 2.24) is 9.62 Å². The van der Waals surface area contributed by atoms with Crippen molar-refractivity contribution in [2.75, 3.05) is 26.2 Å². The molecule has 0 bridgehead atoms. The van der Waals surface area contributed by atoms with E-state index in [9.17, 15) is 18.0 Å². The molecule has 0 aromatic carbocycles. The van der Waals surface area contributed by atoms with Crippen molar-refractivity contribution in [1.29, 1.82) is 0 Å². The zero-order valence-corrected chi connectivity index (χ0v) is 18.7. The summed E-state index contributed by atoms with van der Waals surface area (Å²) in [7, 11) is -3.84. The SMILES string of the molecule is CC(C)(C)OC(=O)C1(S(=O)(=O)N2CCC(CCCCC(=O)O)CC2)CCNCC1. The molecule has 0 spiro atoms. The molecule has 2 saturated heterocycles. The van der Waals surface area contributed by atoms with Crippen molar-refractivity contribution >= 4 is 22.0 Å². The first-order valence-electron chi connectivity index (χ1n) is 10.6. The van der Waals surface area contributed by atoms with E-state index in [4.69, 9.17) is 9.84 Å². The van der Waals surface area contributed by atoms with Crippen molar-refractivity contribution in [3.05, 3.63) is 0 Å². The molecule has 2 aliphatic rings. The number of carbonyl (C=O) groups is 2. The molecule has 29 heavy (non-hydrogen) atoms. The second-order valence-electron chi connectivity index (χ2n) is 9.23. The Morgan fingerprint density at radius 1 is 1.14 bits per heavy atom. The maximum atomic E-state index is 13.6. The summed E-state index contributed by atoms with van der Waals surface area (Å²) in [4.78, 5) is 23.6. The van der Waals surface area contributed by atoms with Crippen LogP contribution < -0.4 is 5.32 Å². The molecule has 2 fully saturated rings. The second-order valence-corrected chi connectivity index (χ2v) is 11.5. The summed E-state index contributed by atoms with van der Waals surface area (Å²) in [6.07, 6.45) is 4.53. The molecule has 0 amide bonds. The van der Waals surface area contributed by atoms with E-state index in [2.05, 4.69) is 5.32 Å². The van der Waals surface area contributed by atoms with E-state index in [1.54, 1.807) is 20.8 Å². The number of sulfonamides is 1. The number of piperidine rings is 2. The van der Waals surface area contributed by atoms with Gasteiger partial charge < -0.3 is 15.2 Å². The summed E-state index contributed by atoms with van der Waals surface area (Å²) >= 11 is 0. The summed E-state index contributed by atoms with van der Waals surface area (Å²) in [6, 6.07) is 0. The van der Waals surface area contributed by atoms with Crippen LogP contribution in [0.5, 0.6) is 0 Å². The maximum Gasteiger partial charge on any atom is 0.329 e. The van der Waals surface area contributed by atoms with Gasteiger partial charge in [0, 0.05) is 19.5 Å². The summed E-state index contributed by atoms with van der Waals surface area (Å²) in [5, 5.41) is 11.9. The van der Waals surface area contributed by atoms with Crippen molar-refractivity contribution in [2.45, 2.75) is 82.5 Å². The first-order valence-corrected chi connectivity index (χ1v) is 12.1. The van der Waals surface area contributed by atoms with E-state index in [0.29, 0.717) is 38.5 Å². The Balaban J connectivity index is 2.03. The van der Waals surface area contributed by atoms with Gasteiger partial charge in [-0.1, -0.05) is 12.8 Å². The van der Waals surface area contributed by atoms with Crippen LogP contribution >= 0.6 is 0 Å². The standard InChI is InChI=1S/C20H36N2O6S/c1-19(2,3)28-18(25)20(10-12-21-13-11-20)29(26,27)22-14-8-16(9-15-22)6-4-5-7-17(23)24/h16,21H,4-15H2,1-3H3,(H,23,24). The second kappa shape index (κ2) is 9.75. The number of hydrogen-bond acceptors (Lipinski definition) is 6. The smallest absolute Gasteiger partial charge is 0.329 e.